The van der Waals surface area contributed by atoms with Crippen LogP contribution in [-0.2, 0) is 23.0 Å². The maximum Gasteiger partial charge on any atom is 0.289 e. The van der Waals surface area contributed by atoms with Crippen LogP contribution in [0.1, 0.15) is 27.2 Å². The molecule has 156 valence electrons. The number of nitrogens with one attached hydrogen (secondary N) is 1. The molecule has 0 saturated carbocycles. The fourth-order valence-corrected chi connectivity index (χ4v) is 4.72. The normalized spacial score (nSPS) is 13.6. The highest BCUT2D eigenvalue weighted by molar-refractivity contribution is 7.92. The first-order valence-corrected chi connectivity index (χ1v) is 11.0. The maximum atomic E-state index is 12.8. The van der Waals surface area contributed by atoms with Crippen LogP contribution in [0.2, 0.25) is 0 Å². The smallest absolute Gasteiger partial charge is 0.289 e. The number of carbonyl (C=O) groups excluding carboxylic acids is 1. The van der Waals surface area contributed by atoms with Gasteiger partial charge in [-0.15, -0.1) is 0 Å². The van der Waals surface area contributed by atoms with Crippen molar-refractivity contribution in [3.63, 3.8) is 0 Å². The van der Waals surface area contributed by atoms with Crippen LogP contribution in [0.25, 0.3) is 0 Å². The summed E-state index contributed by atoms with van der Waals surface area (Å²) in [4.78, 5) is 14.4. The average Bonchev–Trinajstić information content (AvgIpc) is 3.27. The van der Waals surface area contributed by atoms with Crippen LogP contribution in [0.15, 0.2) is 64.1 Å². The number of aryl methyl sites for hydroxylation is 1. The van der Waals surface area contributed by atoms with Gasteiger partial charge in [0.15, 0.2) is 5.76 Å². The number of furan rings is 1. The summed E-state index contributed by atoms with van der Waals surface area (Å²) >= 11 is 0. The van der Waals surface area contributed by atoms with Crippen LogP contribution < -0.4 is 9.46 Å². The summed E-state index contributed by atoms with van der Waals surface area (Å²) in [5.74, 6) is 0.750. The standard InChI is InChI=1S/C22H22N2O5S/c1-15-12-19(7-8-20(15)28-2)30(26,27)23-18-6-5-16-9-10-24(14-17(16)13-18)22(25)21-4-3-11-29-21/h3-8,11-13,23H,9-10,14H2,1-2H3. The molecule has 8 heteroatoms. The molecule has 0 bridgehead atoms. The summed E-state index contributed by atoms with van der Waals surface area (Å²) in [5, 5.41) is 0. The summed E-state index contributed by atoms with van der Waals surface area (Å²) < 4.78 is 38.7. The fraction of sp³-hybridized carbons (Fsp3) is 0.227. The summed E-state index contributed by atoms with van der Waals surface area (Å²) in [6, 6.07) is 13.5. The highest BCUT2D eigenvalue weighted by Crippen LogP contribution is 2.27. The number of sulfonamides is 1. The molecule has 1 amide bonds. The summed E-state index contributed by atoms with van der Waals surface area (Å²) in [5.41, 5.74) is 3.20. The quantitative estimate of drug-likeness (QED) is 0.673. The summed E-state index contributed by atoms with van der Waals surface area (Å²) in [6.45, 7) is 2.77. The Kier molecular flexibility index (Phi) is 5.26. The molecule has 0 radical (unpaired) electrons. The highest BCUT2D eigenvalue weighted by atomic mass is 32.2. The number of ether oxygens (including phenoxy) is 1. The zero-order valence-electron chi connectivity index (χ0n) is 16.7. The first-order valence-electron chi connectivity index (χ1n) is 9.49. The third-order valence-electron chi connectivity index (χ3n) is 5.17. The molecule has 0 saturated heterocycles. The van der Waals surface area contributed by atoms with E-state index in [1.165, 1.54) is 12.3 Å². The lowest BCUT2D eigenvalue weighted by Gasteiger charge is -2.28. The third-order valence-corrected chi connectivity index (χ3v) is 6.55. The van der Waals surface area contributed by atoms with Crippen LogP contribution in [-0.4, -0.2) is 32.9 Å². The van der Waals surface area contributed by atoms with E-state index in [0.29, 0.717) is 36.7 Å². The number of methoxy groups -OCH3 is 1. The van der Waals surface area contributed by atoms with E-state index in [4.69, 9.17) is 9.15 Å². The fourth-order valence-electron chi connectivity index (χ4n) is 3.58. The average molecular weight is 426 g/mol. The first kappa shape index (κ1) is 20.0. The van der Waals surface area contributed by atoms with Gasteiger partial charge in [0.25, 0.3) is 15.9 Å². The Labute approximate surface area is 175 Å². The molecular formula is C22H22N2O5S. The van der Waals surface area contributed by atoms with E-state index >= 15 is 0 Å². The number of hydrogen-bond donors (Lipinski definition) is 1. The lowest BCUT2D eigenvalue weighted by molar-refractivity contribution is 0.0702. The van der Waals surface area contributed by atoms with Crippen LogP contribution >= 0.6 is 0 Å². The van der Waals surface area contributed by atoms with Gasteiger partial charge in [0.1, 0.15) is 5.75 Å². The Hall–Kier alpha value is -3.26. The SMILES string of the molecule is COc1ccc(S(=O)(=O)Nc2ccc3c(c2)CN(C(=O)c2ccco2)CC3)cc1C. The predicted molar refractivity (Wildman–Crippen MR) is 112 cm³/mol. The minimum absolute atomic E-state index is 0.160. The molecule has 0 spiro atoms. The van der Waals surface area contributed by atoms with Gasteiger partial charge in [-0.25, -0.2) is 8.42 Å². The molecule has 3 aromatic rings. The van der Waals surface area contributed by atoms with Gasteiger partial charge >= 0.3 is 0 Å². The zero-order chi connectivity index (χ0) is 21.3. The molecule has 1 aliphatic heterocycles. The van der Waals surface area contributed by atoms with Gasteiger partial charge in [0, 0.05) is 18.8 Å². The zero-order valence-corrected chi connectivity index (χ0v) is 17.5. The highest BCUT2D eigenvalue weighted by Gasteiger charge is 2.24. The minimum Gasteiger partial charge on any atom is -0.496 e. The van der Waals surface area contributed by atoms with Crippen molar-refractivity contribution in [2.24, 2.45) is 0 Å². The van der Waals surface area contributed by atoms with E-state index in [0.717, 1.165) is 16.7 Å². The number of fused-ring (bicyclic) bond motifs is 1. The molecular weight excluding hydrogens is 404 g/mol. The van der Waals surface area contributed by atoms with Crippen molar-refractivity contribution >= 4 is 21.6 Å². The number of carbonyl (C=O) groups is 1. The number of benzene rings is 2. The lowest BCUT2D eigenvalue weighted by Crippen LogP contribution is -2.35. The Morgan fingerprint density at radius 3 is 2.67 bits per heavy atom. The number of rotatable bonds is 5. The molecule has 4 rings (SSSR count). The molecule has 1 aromatic heterocycles. The van der Waals surface area contributed by atoms with Gasteiger partial charge < -0.3 is 14.1 Å². The molecule has 0 fully saturated rings. The number of hydrogen-bond acceptors (Lipinski definition) is 5. The largest absolute Gasteiger partial charge is 0.496 e. The number of nitrogens with zero attached hydrogens (tertiary/aromatic N) is 1. The van der Waals surface area contributed by atoms with Crippen molar-refractivity contribution in [2.45, 2.75) is 24.8 Å². The molecule has 1 aliphatic rings. The molecule has 7 nitrogen and oxygen atoms in total. The Morgan fingerprint density at radius 1 is 1.13 bits per heavy atom. The Bertz CT molecular complexity index is 1190. The number of anilines is 1. The van der Waals surface area contributed by atoms with Gasteiger partial charge in [-0.3, -0.25) is 9.52 Å². The molecule has 0 atom stereocenters. The lowest BCUT2D eigenvalue weighted by atomic mass is 9.99. The van der Waals surface area contributed by atoms with Crippen LogP contribution in [0.5, 0.6) is 5.75 Å². The van der Waals surface area contributed by atoms with Crippen molar-refractivity contribution in [3.8, 4) is 5.75 Å². The van der Waals surface area contributed by atoms with Crippen molar-refractivity contribution in [1.29, 1.82) is 0 Å². The van der Waals surface area contributed by atoms with E-state index in [1.807, 2.05) is 6.07 Å². The Morgan fingerprint density at radius 2 is 1.97 bits per heavy atom. The summed E-state index contributed by atoms with van der Waals surface area (Å²) in [7, 11) is -2.21. The van der Waals surface area contributed by atoms with Gasteiger partial charge in [-0.05, 0) is 72.5 Å². The molecule has 30 heavy (non-hydrogen) atoms. The Balaban J connectivity index is 1.55. The van der Waals surface area contributed by atoms with Gasteiger partial charge in [-0.2, -0.15) is 0 Å². The van der Waals surface area contributed by atoms with E-state index in [-0.39, 0.29) is 10.8 Å². The molecule has 0 aliphatic carbocycles. The molecule has 2 aromatic carbocycles. The van der Waals surface area contributed by atoms with Crippen molar-refractivity contribution < 1.29 is 22.4 Å². The van der Waals surface area contributed by atoms with E-state index in [1.54, 1.807) is 55.3 Å². The van der Waals surface area contributed by atoms with E-state index in [2.05, 4.69) is 4.72 Å². The van der Waals surface area contributed by atoms with Crippen LogP contribution in [0.3, 0.4) is 0 Å². The van der Waals surface area contributed by atoms with Crippen LogP contribution in [0, 0.1) is 6.92 Å². The van der Waals surface area contributed by atoms with Crippen molar-refractivity contribution in [3.05, 3.63) is 77.2 Å². The monoisotopic (exact) mass is 426 g/mol. The van der Waals surface area contributed by atoms with Gasteiger partial charge in [0.2, 0.25) is 0 Å². The van der Waals surface area contributed by atoms with Crippen molar-refractivity contribution in [1.82, 2.24) is 4.90 Å². The first-order chi connectivity index (χ1) is 14.4. The maximum absolute atomic E-state index is 12.8. The second-order valence-corrected chi connectivity index (χ2v) is 8.86. The van der Waals surface area contributed by atoms with Crippen LogP contribution in [0.4, 0.5) is 5.69 Å². The third kappa shape index (κ3) is 3.91. The second kappa shape index (κ2) is 7.87. The number of amides is 1. The van der Waals surface area contributed by atoms with Crippen molar-refractivity contribution in [2.75, 3.05) is 18.4 Å². The molecule has 2 heterocycles. The minimum atomic E-state index is -3.75. The molecule has 1 N–H and O–H groups in total. The molecule has 0 unspecified atom stereocenters. The topological polar surface area (TPSA) is 88.9 Å². The predicted octanol–water partition coefficient (Wildman–Crippen LogP) is 3.60. The van der Waals surface area contributed by atoms with Gasteiger partial charge in [-0.1, -0.05) is 6.07 Å². The van der Waals surface area contributed by atoms with E-state index < -0.39 is 10.0 Å². The van der Waals surface area contributed by atoms with Gasteiger partial charge in [0.05, 0.1) is 18.3 Å². The van der Waals surface area contributed by atoms with E-state index in [9.17, 15) is 13.2 Å². The summed E-state index contributed by atoms with van der Waals surface area (Å²) in [6.07, 6.45) is 2.17. The second-order valence-electron chi connectivity index (χ2n) is 7.17.